The lowest BCUT2D eigenvalue weighted by Crippen LogP contribution is -2.34. The zero-order valence-electron chi connectivity index (χ0n) is 7.35. The first-order chi connectivity index (χ1) is 5.43. The first kappa shape index (κ1) is 11.3. The van der Waals surface area contributed by atoms with Gasteiger partial charge in [-0.25, -0.2) is 8.78 Å². The van der Waals surface area contributed by atoms with E-state index in [4.69, 9.17) is 11.1 Å². The second-order valence-electron chi connectivity index (χ2n) is 2.97. The van der Waals surface area contributed by atoms with Crippen LogP contribution in [-0.4, -0.2) is 37.3 Å². The lowest BCUT2D eigenvalue weighted by Gasteiger charge is -2.19. The number of rotatable bonds is 5. The van der Waals surface area contributed by atoms with Crippen LogP contribution in [0.2, 0.25) is 0 Å². The Morgan fingerprint density at radius 1 is 1.50 bits per heavy atom. The number of alkyl halides is 2. The molecule has 0 fully saturated rings. The van der Waals surface area contributed by atoms with Gasteiger partial charge in [0.2, 0.25) is 0 Å². The molecule has 1 unspecified atom stereocenters. The lowest BCUT2D eigenvalue weighted by atomic mass is 10.1. The molecule has 0 aromatic heterocycles. The molecular weight excluding hydrogens is 164 g/mol. The van der Waals surface area contributed by atoms with Gasteiger partial charge in [0.05, 0.1) is 12.4 Å². The summed E-state index contributed by atoms with van der Waals surface area (Å²) in [6.07, 6.45) is -2.32. The maximum atomic E-state index is 11.8. The summed E-state index contributed by atoms with van der Waals surface area (Å²) in [5.41, 5.74) is 5.18. The quantitative estimate of drug-likeness (QED) is 0.483. The molecule has 0 amide bonds. The van der Waals surface area contributed by atoms with E-state index >= 15 is 0 Å². The van der Waals surface area contributed by atoms with Crippen molar-refractivity contribution in [3.05, 3.63) is 0 Å². The third-order valence-electron chi connectivity index (χ3n) is 1.57. The molecule has 0 aromatic rings. The summed E-state index contributed by atoms with van der Waals surface area (Å²) in [6, 6.07) is 0. The van der Waals surface area contributed by atoms with Crippen molar-refractivity contribution in [3.8, 4) is 0 Å². The minimum atomic E-state index is -2.32. The summed E-state index contributed by atoms with van der Waals surface area (Å²) in [7, 11) is 1.59. The van der Waals surface area contributed by atoms with Crippen LogP contribution in [0.3, 0.4) is 0 Å². The van der Waals surface area contributed by atoms with Gasteiger partial charge in [0.1, 0.15) is 0 Å². The average Bonchev–Trinajstić information content (AvgIpc) is 1.84. The fourth-order valence-electron chi connectivity index (χ4n) is 0.876. The van der Waals surface area contributed by atoms with Crippen molar-refractivity contribution < 1.29 is 8.78 Å². The van der Waals surface area contributed by atoms with E-state index in [-0.39, 0.29) is 18.3 Å². The summed E-state index contributed by atoms with van der Waals surface area (Å²) in [4.78, 5) is 1.47. The molecule has 3 N–H and O–H groups in total. The Balaban J connectivity index is 3.68. The fraction of sp³-hybridized carbons (Fsp3) is 0.857. The molecule has 0 aliphatic carbocycles. The Bertz CT molecular complexity index is 150. The predicted octanol–water partition coefficient (Wildman–Crippen LogP) is 0.755. The van der Waals surface area contributed by atoms with Crippen LogP contribution in [0.25, 0.3) is 0 Å². The summed E-state index contributed by atoms with van der Waals surface area (Å²) in [5.74, 6) is -0.120. The molecule has 0 spiro atoms. The third-order valence-corrected chi connectivity index (χ3v) is 1.57. The van der Waals surface area contributed by atoms with E-state index in [1.165, 1.54) is 4.90 Å². The van der Waals surface area contributed by atoms with Crippen molar-refractivity contribution in [2.24, 2.45) is 11.7 Å². The number of amidine groups is 1. The highest BCUT2D eigenvalue weighted by Gasteiger charge is 2.12. The van der Waals surface area contributed by atoms with E-state index in [9.17, 15) is 8.78 Å². The van der Waals surface area contributed by atoms with Crippen LogP contribution in [0.4, 0.5) is 8.78 Å². The van der Waals surface area contributed by atoms with Crippen molar-refractivity contribution in [2.45, 2.75) is 13.3 Å². The Hall–Kier alpha value is -0.710. The van der Waals surface area contributed by atoms with E-state index in [0.29, 0.717) is 6.54 Å². The maximum Gasteiger partial charge on any atom is 0.251 e. The van der Waals surface area contributed by atoms with E-state index < -0.39 is 6.43 Å². The summed E-state index contributed by atoms with van der Waals surface area (Å²) in [6.45, 7) is 1.88. The zero-order valence-corrected chi connectivity index (χ0v) is 7.35. The van der Waals surface area contributed by atoms with Gasteiger partial charge >= 0.3 is 0 Å². The SMILES string of the molecule is CC(CN(C)CC(F)F)C(=N)N. The molecule has 3 nitrogen and oxygen atoms in total. The zero-order chi connectivity index (χ0) is 9.72. The van der Waals surface area contributed by atoms with Gasteiger partial charge in [0, 0.05) is 12.5 Å². The molecular formula is C7H15F2N3. The van der Waals surface area contributed by atoms with Gasteiger partial charge in [-0.2, -0.15) is 0 Å². The molecule has 0 aliphatic rings. The van der Waals surface area contributed by atoms with Crippen LogP contribution in [0.15, 0.2) is 0 Å². The van der Waals surface area contributed by atoms with Crippen molar-refractivity contribution in [1.82, 2.24) is 4.90 Å². The van der Waals surface area contributed by atoms with Crippen LogP contribution in [-0.2, 0) is 0 Å². The van der Waals surface area contributed by atoms with Crippen LogP contribution in [0, 0.1) is 11.3 Å². The molecule has 0 aromatic carbocycles. The molecule has 5 heteroatoms. The van der Waals surface area contributed by atoms with Gasteiger partial charge in [-0.05, 0) is 7.05 Å². The number of nitrogens with two attached hydrogens (primary N) is 1. The third kappa shape index (κ3) is 5.01. The average molecular weight is 179 g/mol. The van der Waals surface area contributed by atoms with Crippen molar-refractivity contribution in [2.75, 3.05) is 20.1 Å². The number of hydrogen-bond acceptors (Lipinski definition) is 2. The van der Waals surface area contributed by atoms with Gasteiger partial charge in [0.15, 0.2) is 0 Å². The molecule has 0 heterocycles. The maximum absolute atomic E-state index is 11.8. The molecule has 0 rings (SSSR count). The summed E-state index contributed by atoms with van der Waals surface area (Å²) >= 11 is 0. The summed E-state index contributed by atoms with van der Waals surface area (Å²) in [5, 5.41) is 7.04. The fourth-order valence-corrected chi connectivity index (χ4v) is 0.876. The van der Waals surface area contributed by atoms with Crippen LogP contribution >= 0.6 is 0 Å². The molecule has 1 atom stereocenters. The number of halogens is 2. The highest BCUT2D eigenvalue weighted by Crippen LogP contribution is 2.00. The molecule has 12 heavy (non-hydrogen) atoms. The molecule has 0 radical (unpaired) electrons. The molecule has 0 bridgehead atoms. The van der Waals surface area contributed by atoms with E-state index in [1.54, 1.807) is 14.0 Å². The minimum absolute atomic E-state index is 0.0381. The normalized spacial score (nSPS) is 13.8. The Labute approximate surface area is 71.0 Å². The van der Waals surface area contributed by atoms with Crippen LogP contribution < -0.4 is 5.73 Å². The van der Waals surface area contributed by atoms with Gasteiger partial charge in [-0.15, -0.1) is 0 Å². The highest BCUT2D eigenvalue weighted by atomic mass is 19.3. The van der Waals surface area contributed by atoms with Gasteiger partial charge in [0.25, 0.3) is 6.43 Å². The van der Waals surface area contributed by atoms with Gasteiger partial charge in [-0.3, -0.25) is 5.41 Å². The molecule has 0 saturated carbocycles. The second-order valence-corrected chi connectivity index (χ2v) is 2.97. The Morgan fingerprint density at radius 3 is 2.33 bits per heavy atom. The monoisotopic (exact) mass is 179 g/mol. The standard InChI is InChI=1S/C7H15F2N3/c1-5(7(10)11)3-12(2)4-6(8)9/h5-6H,3-4H2,1-2H3,(H3,10,11). The van der Waals surface area contributed by atoms with E-state index in [2.05, 4.69) is 0 Å². The van der Waals surface area contributed by atoms with E-state index in [0.717, 1.165) is 0 Å². The van der Waals surface area contributed by atoms with E-state index in [1.807, 2.05) is 0 Å². The van der Waals surface area contributed by atoms with Gasteiger partial charge < -0.3 is 10.6 Å². The van der Waals surface area contributed by atoms with Crippen LogP contribution in [0.1, 0.15) is 6.92 Å². The smallest absolute Gasteiger partial charge is 0.251 e. The largest absolute Gasteiger partial charge is 0.387 e. The minimum Gasteiger partial charge on any atom is -0.387 e. The Morgan fingerprint density at radius 2 is 2.00 bits per heavy atom. The molecule has 72 valence electrons. The van der Waals surface area contributed by atoms with Crippen LogP contribution in [0.5, 0.6) is 0 Å². The topological polar surface area (TPSA) is 53.1 Å². The van der Waals surface area contributed by atoms with Crippen molar-refractivity contribution >= 4 is 5.84 Å². The van der Waals surface area contributed by atoms with Crippen molar-refractivity contribution in [3.63, 3.8) is 0 Å². The van der Waals surface area contributed by atoms with Crippen molar-refractivity contribution in [1.29, 1.82) is 5.41 Å². The number of nitrogens with zero attached hydrogens (tertiary/aromatic N) is 1. The number of hydrogen-bond donors (Lipinski definition) is 2. The molecule has 0 aliphatic heterocycles. The Kier molecular flexibility index (Phi) is 4.73. The van der Waals surface area contributed by atoms with Gasteiger partial charge in [-0.1, -0.05) is 6.92 Å². The molecule has 0 saturated heterocycles. The lowest BCUT2D eigenvalue weighted by molar-refractivity contribution is 0.0977. The highest BCUT2D eigenvalue weighted by molar-refractivity contribution is 5.79. The first-order valence-corrected chi connectivity index (χ1v) is 3.74. The summed E-state index contributed by atoms with van der Waals surface area (Å²) < 4.78 is 23.6. The number of nitrogens with one attached hydrogen (secondary N) is 1. The first-order valence-electron chi connectivity index (χ1n) is 3.74. The predicted molar refractivity (Wildman–Crippen MR) is 44.6 cm³/mol. The second kappa shape index (κ2) is 5.03.